The zero-order valence-electron chi connectivity index (χ0n) is 10.3. The van der Waals surface area contributed by atoms with Gasteiger partial charge in [0.15, 0.2) is 23.2 Å². The maximum atomic E-state index is 13.5. The molecule has 0 atom stereocenters. The van der Waals surface area contributed by atoms with E-state index in [0.717, 1.165) is 18.2 Å². The number of benzene rings is 2. The Labute approximate surface area is 112 Å². The Bertz CT molecular complexity index is 661. The first-order chi connectivity index (χ1) is 9.42. The molecule has 20 heavy (non-hydrogen) atoms. The Kier molecular flexibility index (Phi) is 3.69. The van der Waals surface area contributed by atoms with Crippen LogP contribution in [0.1, 0.15) is 0 Å². The molecule has 2 aromatic carbocycles. The summed E-state index contributed by atoms with van der Waals surface area (Å²) in [7, 11) is 1.24. The van der Waals surface area contributed by atoms with Crippen LogP contribution < -0.4 is 15.8 Å². The molecule has 2 aromatic rings. The summed E-state index contributed by atoms with van der Waals surface area (Å²) in [6, 6.07) is 3.28. The van der Waals surface area contributed by atoms with E-state index in [0.29, 0.717) is 6.07 Å². The van der Waals surface area contributed by atoms with Crippen molar-refractivity contribution < 1.29 is 22.3 Å². The number of halogens is 4. The van der Waals surface area contributed by atoms with Crippen LogP contribution in [-0.4, -0.2) is 7.11 Å². The van der Waals surface area contributed by atoms with Gasteiger partial charge in [0.25, 0.3) is 0 Å². The molecule has 0 amide bonds. The average Bonchev–Trinajstić information content (AvgIpc) is 2.38. The highest BCUT2D eigenvalue weighted by Gasteiger charge is 2.14. The molecule has 3 N–H and O–H groups in total. The molecule has 3 nitrogen and oxygen atoms in total. The van der Waals surface area contributed by atoms with E-state index in [1.807, 2.05) is 0 Å². The number of hydrogen-bond donors (Lipinski definition) is 2. The lowest BCUT2D eigenvalue weighted by Crippen LogP contribution is -2.02. The Hall–Kier alpha value is -2.44. The van der Waals surface area contributed by atoms with Crippen molar-refractivity contribution in [3.63, 3.8) is 0 Å². The van der Waals surface area contributed by atoms with Crippen molar-refractivity contribution in [2.45, 2.75) is 0 Å². The Balaban J connectivity index is 2.45. The van der Waals surface area contributed by atoms with Crippen molar-refractivity contribution in [2.24, 2.45) is 0 Å². The molecule has 0 bridgehead atoms. The fourth-order valence-electron chi connectivity index (χ4n) is 1.63. The molecule has 0 aliphatic rings. The molecule has 106 valence electrons. The van der Waals surface area contributed by atoms with Gasteiger partial charge in [0.2, 0.25) is 0 Å². The summed E-state index contributed by atoms with van der Waals surface area (Å²) >= 11 is 0. The average molecular weight is 286 g/mol. The summed E-state index contributed by atoms with van der Waals surface area (Å²) in [4.78, 5) is 0. The lowest BCUT2D eigenvalue weighted by molar-refractivity contribution is 0.387. The number of nitrogens with one attached hydrogen (secondary N) is 1. The second-order valence-electron chi connectivity index (χ2n) is 3.95. The lowest BCUT2D eigenvalue weighted by atomic mass is 10.2. The Morgan fingerprint density at radius 2 is 1.65 bits per heavy atom. The van der Waals surface area contributed by atoms with Gasteiger partial charge in [-0.25, -0.2) is 17.6 Å². The molecule has 2 rings (SSSR count). The maximum absolute atomic E-state index is 13.5. The summed E-state index contributed by atoms with van der Waals surface area (Å²) in [5, 5.41) is 2.40. The zero-order valence-corrected chi connectivity index (χ0v) is 10.3. The number of ether oxygens (including phenoxy) is 1. The van der Waals surface area contributed by atoms with E-state index in [9.17, 15) is 17.6 Å². The molecule has 0 saturated carbocycles. The van der Waals surface area contributed by atoms with E-state index >= 15 is 0 Å². The van der Waals surface area contributed by atoms with Gasteiger partial charge in [-0.05, 0) is 0 Å². The highest BCUT2D eigenvalue weighted by Crippen LogP contribution is 2.31. The summed E-state index contributed by atoms with van der Waals surface area (Å²) in [6.45, 7) is 0. The number of rotatable bonds is 3. The maximum Gasteiger partial charge on any atom is 0.182 e. The first kappa shape index (κ1) is 14.0. The highest BCUT2D eigenvalue weighted by molar-refractivity contribution is 5.74. The largest absolute Gasteiger partial charge is 0.494 e. The van der Waals surface area contributed by atoms with E-state index < -0.39 is 29.0 Å². The van der Waals surface area contributed by atoms with E-state index in [1.165, 1.54) is 7.11 Å². The number of methoxy groups -OCH3 is 1. The zero-order chi connectivity index (χ0) is 14.9. The van der Waals surface area contributed by atoms with Gasteiger partial charge < -0.3 is 15.8 Å². The van der Waals surface area contributed by atoms with Gasteiger partial charge in [-0.15, -0.1) is 0 Å². The molecule has 0 heterocycles. The molecular formula is C13H10F4N2O. The Morgan fingerprint density at radius 3 is 2.30 bits per heavy atom. The lowest BCUT2D eigenvalue weighted by Gasteiger charge is -2.12. The van der Waals surface area contributed by atoms with Gasteiger partial charge in [0.1, 0.15) is 5.82 Å². The number of nitrogen functional groups attached to an aromatic ring is 1. The van der Waals surface area contributed by atoms with Gasteiger partial charge in [0, 0.05) is 24.3 Å². The van der Waals surface area contributed by atoms with Crippen LogP contribution in [0.5, 0.6) is 5.75 Å². The number of nitrogens with two attached hydrogens (primary N) is 1. The predicted molar refractivity (Wildman–Crippen MR) is 67.0 cm³/mol. The molecule has 0 fully saturated rings. The second kappa shape index (κ2) is 5.28. The van der Waals surface area contributed by atoms with E-state index in [1.54, 1.807) is 0 Å². The van der Waals surface area contributed by atoms with E-state index in [-0.39, 0.29) is 17.1 Å². The molecule has 0 aliphatic carbocycles. The highest BCUT2D eigenvalue weighted by atomic mass is 19.2. The molecule has 0 unspecified atom stereocenters. The van der Waals surface area contributed by atoms with Crippen molar-refractivity contribution in [1.29, 1.82) is 0 Å². The quantitative estimate of drug-likeness (QED) is 0.515. The third kappa shape index (κ3) is 2.61. The Morgan fingerprint density at radius 1 is 0.950 bits per heavy atom. The van der Waals surface area contributed by atoms with E-state index in [4.69, 9.17) is 10.5 Å². The number of anilines is 3. The van der Waals surface area contributed by atoms with Crippen LogP contribution in [0.15, 0.2) is 24.3 Å². The van der Waals surface area contributed by atoms with Crippen molar-refractivity contribution in [3.8, 4) is 5.75 Å². The van der Waals surface area contributed by atoms with Crippen LogP contribution in [0.3, 0.4) is 0 Å². The van der Waals surface area contributed by atoms with E-state index in [2.05, 4.69) is 5.32 Å². The van der Waals surface area contributed by atoms with Crippen molar-refractivity contribution in [3.05, 3.63) is 47.5 Å². The van der Waals surface area contributed by atoms with Crippen LogP contribution in [0, 0.1) is 23.3 Å². The first-order valence-corrected chi connectivity index (χ1v) is 5.47. The second-order valence-corrected chi connectivity index (χ2v) is 3.95. The smallest absolute Gasteiger partial charge is 0.182 e. The molecule has 7 heteroatoms. The van der Waals surface area contributed by atoms with Crippen LogP contribution in [0.4, 0.5) is 34.6 Å². The van der Waals surface area contributed by atoms with Gasteiger partial charge in [-0.2, -0.15) is 0 Å². The van der Waals surface area contributed by atoms with Crippen LogP contribution in [0.2, 0.25) is 0 Å². The summed E-state index contributed by atoms with van der Waals surface area (Å²) in [5.41, 5.74) is 5.09. The topological polar surface area (TPSA) is 47.3 Å². The first-order valence-electron chi connectivity index (χ1n) is 5.47. The summed E-state index contributed by atoms with van der Waals surface area (Å²) in [5.74, 6) is -4.42. The predicted octanol–water partition coefficient (Wildman–Crippen LogP) is 3.58. The molecule has 0 aliphatic heterocycles. The monoisotopic (exact) mass is 286 g/mol. The minimum Gasteiger partial charge on any atom is -0.494 e. The molecular weight excluding hydrogens is 276 g/mol. The van der Waals surface area contributed by atoms with Crippen molar-refractivity contribution >= 4 is 17.1 Å². The van der Waals surface area contributed by atoms with Crippen LogP contribution >= 0.6 is 0 Å². The summed E-state index contributed by atoms with van der Waals surface area (Å²) in [6.07, 6.45) is 0. The molecule has 0 spiro atoms. The third-order valence-corrected chi connectivity index (χ3v) is 2.59. The molecule has 0 saturated heterocycles. The fraction of sp³-hybridized carbons (Fsp3) is 0.0769. The van der Waals surface area contributed by atoms with Crippen LogP contribution in [0.25, 0.3) is 0 Å². The number of hydrogen-bond acceptors (Lipinski definition) is 3. The van der Waals surface area contributed by atoms with Crippen molar-refractivity contribution in [1.82, 2.24) is 0 Å². The minimum absolute atomic E-state index is 0.0622. The van der Waals surface area contributed by atoms with Gasteiger partial charge in [0.05, 0.1) is 24.2 Å². The summed E-state index contributed by atoms with van der Waals surface area (Å²) < 4.78 is 57.7. The standard InChI is InChI=1S/C13H10F4N2O/c1-20-12-5-10(9(18)4-7(12)15)19-11-3-6(14)2-8(16)13(11)17/h2-5,19H,18H2,1H3. The van der Waals surface area contributed by atoms with Gasteiger partial charge in [-0.1, -0.05) is 0 Å². The third-order valence-electron chi connectivity index (χ3n) is 2.59. The SMILES string of the molecule is COc1cc(Nc2cc(F)cc(F)c2F)c(N)cc1F. The van der Waals surface area contributed by atoms with Crippen molar-refractivity contribution in [2.75, 3.05) is 18.2 Å². The minimum atomic E-state index is -1.35. The van der Waals surface area contributed by atoms with Gasteiger partial charge in [-0.3, -0.25) is 0 Å². The molecule has 0 radical (unpaired) electrons. The van der Waals surface area contributed by atoms with Crippen LogP contribution in [-0.2, 0) is 0 Å². The normalized spacial score (nSPS) is 10.4. The van der Waals surface area contributed by atoms with Gasteiger partial charge >= 0.3 is 0 Å². The molecule has 0 aromatic heterocycles. The fourth-order valence-corrected chi connectivity index (χ4v) is 1.63.